The van der Waals surface area contributed by atoms with Crippen LogP contribution < -0.4 is 0 Å². The normalized spacial score (nSPS) is 30.2. The van der Waals surface area contributed by atoms with E-state index < -0.39 is 5.72 Å². The molecule has 2 aliphatic heterocycles. The van der Waals surface area contributed by atoms with Gasteiger partial charge in [-0.2, -0.15) is 5.26 Å². The highest BCUT2D eigenvalue weighted by atomic mass is 16.5. The van der Waals surface area contributed by atoms with Crippen molar-refractivity contribution in [3.8, 4) is 6.07 Å². The first-order valence-electron chi connectivity index (χ1n) is 10.2. The predicted octanol–water partition coefficient (Wildman–Crippen LogP) is 3.68. The number of benzene rings is 1. The van der Waals surface area contributed by atoms with E-state index in [-0.39, 0.29) is 5.92 Å². The summed E-state index contributed by atoms with van der Waals surface area (Å²) in [6, 6.07) is 13.5. The molecule has 2 heterocycles. The molecular formula is C23H29N3O. The Morgan fingerprint density at radius 3 is 2.41 bits per heavy atom. The van der Waals surface area contributed by atoms with Crippen molar-refractivity contribution >= 4 is 5.57 Å². The van der Waals surface area contributed by atoms with Gasteiger partial charge in [0, 0.05) is 26.2 Å². The van der Waals surface area contributed by atoms with Gasteiger partial charge in [-0.3, -0.25) is 4.90 Å². The SMILES string of the molecule is COC1(N2CCC(N3CCCC3)CC2)C=CC=C(c2ccccc2)C1C#N. The van der Waals surface area contributed by atoms with Crippen molar-refractivity contribution in [1.82, 2.24) is 9.80 Å². The second-order valence-electron chi connectivity index (χ2n) is 7.83. The molecule has 1 aromatic rings. The van der Waals surface area contributed by atoms with Gasteiger partial charge in [-0.1, -0.05) is 42.5 Å². The third-order valence-corrected chi connectivity index (χ3v) is 6.51. The number of ether oxygens (including phenoxy) is 1. The highest BCUT2D eigenvalue weighted by Gasteiger charge is 2.47. The molecule has 2 saturated heterocycles. The average molecular weight is 364 g/mol. The molecule has 142 valence electrons. The molecule has 0 aromatic heterocycles. The molecule has 27 heavy (non-hydrogen) atoms. The smallest absolute Gasteiger partial charge is 0.160 e. The first-order chi connectivity index (χ1) is 13.3. The van der Waals surface area contributed by atoms with Crippen LogP contribution in [0.2, 0.25) is 0 Å². The van der Waals surface area contributed by atoms with Crippen LogP contribution >= 0.6 is 0 Å². The van der Waals surface area contributed by atoms with E-state index in [0.717, 1.165) is 37.1 Å². The van der Waals surface area contributed by atoms with E-state index in [1.807, 2.05) is 18.2 Å². The molecule has 2 atom stereocenters. The molecule has 1 aliphatic carbocycles. The van der Waals surface area contributed by atoms with E-state index in [1.54, 1.807) is 7.11 Å². The van der Waals surface area contributed by atoms with Crippen LogP contribution in [0.3, 0.4) is 0 Å². The van der Waals surface area contributed by atoms with Crippen LogP contribution in [-0.2, 0) is 4.74 Å². The minimum absolute atomic E-state index is 0.335. The Labute approximate surface area is 162 Å². The molecule has 2 fully saturated rings. The van der Waals surface area contributed by atoms with Crippen molar-refractivity contribution in [3.63, 3.8) is 0 Å². The second-order valence-corrected chi connectivity index (χ2v) is 7.83. The van der Waals surface area contributed by atoms with E-state index in [1.165, 1.54) is 25.9 Å². The van der Waals surface area contributed by atoms with Gasteiger partial charge in [0.1, 0.15) is 5.92 Å². The number of allylic oxidation sites excluding steroid dienone is 2. The van der Waals surface area contributed by atoms with Crippen LogP contribution in [0.4, 0.5) is 0 Å². The lowest BCUT2D eigenvalue weighted by Gasteiger charge is -2.49. The molecule has 0 N–H and O–H groups in total. The standard InChI is InChI=1S/C23H29N3O/c1-27-23(26-16-11-20(12-17-26)25-14-5-6-15-25)13-7-10-21(22(23)18-24)19-8-3-2-4-9-19/h2-4,7-10,13,20,22H,5-6,11-12,14-17H2,1H3. The van der Waals surface area contributed by atoms with Gasteiger partial charge in [-0.25, -0.2) is 0 Å². The van der Waals surface area contributed by atoms with Crippen LogP contribution in [0.15, 0.2) is 48.6 Å². The van der Waals surface area contributed by atoms with Gasteiger partial charge < -0.3 is 9.64 Å². The summed E-state index contributed by atoms with van der Waals surface area (Å²) in [6.45, 7) is 4.45. The van der Waals surface area contributed by atoms with Gasteiger partial charge in [0.05, 0.1) is 6.07 Å². The maximum Gasteiger partial charge on any atom is 0.160 e. The van der Waals surface area contributed by atoms with Gasteiger partial charge in [-0.05, 0) is 56.0 Å². The van der Waals surface area contributed by atoms with E-state index in [2.05, 4.69) is 46.2 Å². The minimum Gasteiger partial charge on any atom is -0.358 e. The fourth-order valence-corrected chi connectivity index (χ4v) is 5.05. The summed E-state index contributed by atoms with van der Waals surface area (Å²) < 4.78 is 6.10. The Balaban J connectivity index is 1.56. The average Bonchev–Trinajstić information content (AvgIpc) is 3.28. The third kappa shape index (κ3) is 3.36. The largest absolute Gasteiger partial charge is 0.358 e. The Morgan fingerprint density at radius 2 is 1.78 bits per heavy atom. The lowest BCUT2D eigenvalue weighted by molar-refractivity contribution is -0.125. The highest BCUT2D eigenvalue weighted by Crippen LogP contribution is 2.41. The zero-order chi connectivity index (χ0) is 18.7. The van der Waals surface area contributed by atoms with Crippen LogP contribution in [0.25, 0.3) is 5.57 Å². The number of nitrogens with zero attached hydrogens (tertiary/aromatic N) is 3. The summed E-state index contributed by atoms with van der Waals surface area (Å²) in [5.74, 6) is -0.335. The van der Waals surface area contributed by atoms with Gasteiger partial charge >= 0.3 is 0 Å². The van der Waals surface area contributed by atoms with E-state index >= 15 is 0 Å². The number of hydrogen-bond acceptors (Lipinski definition) is 4. The monoisotopic (exact) mass is 363 g/mol. The lowest BCUT2D eigenvalue weighted by atomic mass is 9.79. The summed E-state index contributed by atoms with van der Waals surface area (Å²) in [5, 5.41) is 10.1. The van der Waals surface area contributed by atoms with Crippen LogP contribution in [0, 0.1) is 17.2 Å². The number of piperidine rings is 1. The zero-order valence-corrected chi connectivity index (χ0v) is 16.2. The molecule has 0 radical (unpaired) electrons. The molecular weight excluding hydrogens is 334 g/mol. The summed E-state index contributed by atoms with van der Waals surface area (Å²) in [5.41, 5.74) is 1.47. The third-order valence-electron chi connectivity index (χ3n) is 6.51. The van der Waals surface area contributed by atoms with Gasteiger partial charge in [0.25, 0.3) is 0 Å². The Hall–Kier alpha value is -1.93. The molecule has 0 spiro atoms. The first-order valence-corrected chi connectivity index (χ1v) is 10.2. The maximum absolute atomic E-state index is 10.1. The quantitative estimate of drug-likeness (QED) is 0.818. The van der Waals surface area contributed by atoms with Gasteiger partial charge in [0.15, 0.2) is 5.72 Å². The van der Waals surface area contributed by atoms with E-state index in [9.17, 15) is 5.26 Å². The molecule has 4 nitrogen and oxygen atoms in total. The van der Waals surface area contributed by atoms with Crippen molar-refractivity contribution in [1.29, 1.82) is 5.26 Å². The fourth-order valence-electron chi connectivity index (χ4n) is 5.05. The highest BCUT2D eigenvalue weighted by molar-refractivity contribution is 5.73. The summed E-state index contributed by atoms with van der Waals surface area (Å²) in [7, 11) is 1.75. The summed E-state index contributed by atoms with van der Waals surface area (Å²) >= 11 is 0. The fraction of sp³-hybridized carbons (Fsp3) is 0.522. The number of nitriles is 1. The number of hydrogen-bond donors (Lipinski definition) is 0. The van der Waals surface area contributed by atoms with Gasteiger partial charge in [-0.15, -0.1) is 0 Å². The van der Waals surface area contributed by atoms with Gasteiger partial charge in [0.2, 0.25) is 0 Å². The Morgan fingerprint density at radius 1 is 1.07 bits per heavy atom. The zero-order valence-electron chi connectivity index (χ0n) is 16.2. The molecule has 1 aromatic carbocycles. The molecule has 4 heteroatoms. The first kappa shape index (κ1) is 18.4. The summed E-state index contributed by atoms with van der Waals surface area (Å²) in [6.07, 6.45) is 11.2. The minimum atomic E-state index is -0.676. The van der Waals surface area contributed by atoms with Crippen molar-refractivity contribution in [2.24, 2.45) is 5.92 Å². The molecule has 0 saturated carbocycles. The van der Waals surface area contributed by atoms with Crippen LogP contribution in [0.1, 0.15) is 31.2 Å². The maximum atomic E-state index is 10.1. The molecule has 3 aliphatic rings. The topological polar surface area (TPSA) is 39.5 Å². The number of methoxy groups -OCH3 is 1. The molecule has 0 bridgehead atoms. The summed E-state index contributed by atoms with van der Waals surface area (Å²) in [4.78, 5) is 5.05. The number of rotatable bonds is 4. The van der Waals surface area contributed by atoms with Crippen molar-refractivity contribution in [2.75, 3.05) is 33.3 Å². The second kappa shape index (κ2) is 7.98. The lowest BCUT2D eigenvalue weighted by Crippen LogP contribution is -2.58. The van der Waals surface area contributed by atoms with Crippen LogP contribution in [-0.4, -0.2) is 54.9 Å². The Bertz CT molecular complexity index is 737. The van der Waals surface area contributed by atoms with Crippen molar-refractivity contribution in [3.05, 3.63) is 54.1 Å². The molecule has 0 amide bonds. The Kier molecular flexibility index (Phi) is 5.45. The van der Waals surface area contributed by atoms with E-state index in [4.69, 9.17) is 4.74 Å². The molecule has 4 rings (SSSR count). The van der Waals surface area contributed by atoms with Crippen molar-refractivity contribution < 1.29 is 4.74 Å². The van der Waals surface area contributed by atoms with Crippen LogP contribution in [0.5, 0.6) is 0 Å². The van der Waals surface area contributed by atoms with Crippen molar-refractivity contribution in [2.45, 2.75) is 37.5 Å². The molecule has 2 unspecified atom stereocenters. The van der Waals surface area contributed by atoms with E-state index in [0.29, 0.717) is 6.04 Å². The predicted molar refractivity (Wildman–Crippen MR) is 108 cm³/mol. The number of likely N-dealkylation sites (tertiary alicyclic amines) is 2.